The number of nitrogens with one attached hydrogen (secondary N) is 1. The fourth-order valence-corrected chi connectivity index (χ4v) is 3.52. The lowest BCUT2D eigenvalue weighted by atomic mass is 9.93. The highest BCUT2D eigenvalue weighted by Crippen LogP contribution is 2.24. The molecule has 2 aromatic heterocycles. The van der Waals surface area contributed by atoms with Gasteiger partial charge in [-0.3, -0.25) is 4.79 Å². The van der Waals surface area contributed by atoms with Crippen LogP contribution in [0.1, 0.15) is 36.3 Å². The second-order valence-electron chi connectivity index (χ2n) is 5.74. The van der Waals surface area contributed by atoms with Crippen LogP contribution in [-0.4, -0.2) is 28.0 Å². The maximum absolute atomic E-state index is 12.0. The smallest absolute Gasteiger partial charge is 0.251 e. The highest BCUT2D eigenvalue weighted by atomic mass is 32.1. The summed E-state index contributed by atoms with van der Waals surface area (Å²) in [5.74, 6) is 0.368. The summed E-state index contributed by atoms with van der Waals surface area (Å²) in [5, 5.41) is 14.1. The van der Waals surface area contributed by atoms with E-state index in [0.717, 1.165) is 30.6 Å². The fraction of sp³-hybridized carbons (Fsp3) is 0.412. The van der Waals surface area contributed by atoms with Gasteiger partial charge < -0.3 is 10.1 Å². The minimum atomic E-state index is 0.0132. The standard InChI is InChI=1S/C17H18N4O2S/c18-11-15-17(20-8-7-19-15)23-13-5-3-12(4-6-13)21-16(22)10-14-2-1-9-24-14/h1-2,7-9,12-13H,3-6,10H2,(H,21,22). The number of amides is 1. The molecule has 0 radical (unpaired) electrons. The zero-order valence-corrected chi connectivity index (χ0v) is 14.0. The Hall–Kier alpha value is -2.46. The first-order valence-corrected chi connectivity index (χ1v) is 8.82. The minimum absolute atomic E-state index is 0.0132. The Kier molecular flexibility index (Phi) is 5.39. The van der Waals surface area contributed by atoms with Crippen molar-refractivity contribution in [2.75, 3.05) is 0 Å². The lowest BCUT2D eigenvalue weighted by Gasteiger charge is -2.29. The number of nitriles is 1. The van der Waals surface area contributed by atoms with Crippen molar-refractivity contribution in [3.05, 3.63) is 40.5 Å². The molecule has 1 N–H and O–H groups in total. The van der Waals surface area contributed by atoms with Crippen molar-refractivity contribution in [1.29, 1.82) is 5.26 Å². The molecule has 1 aliphatic carbocycles. The summed E-state index contributed by atoms with van der Waals surface area (Å²) in [4.78, 5) is 21.1. The Labute approximate surface area is 144 Å². The molecule has 2 aromatic rings. The third-order valence-electron chi connectivity index (χ3n) is 4.00. The van der Waals surface area contributed by atoms with Crippen molar-refractivity contribution >= 4 is 17.2 Å². The molecule has 0 aliphatic heterocycles. The number of carbonyl (C=O) groups excluding carboxylic acids is 1. The molecule has 124 valence electrons. The van der Waals surface area contributed by atoms with E-state index in [9.17, 15) is 4.79 Å². The van der Waals surface area contributed by atoms with E-state index in [1.807, 2.05) is 23.6 Å². The number of thiophene rings is 1. The van der Waals surface area contributed by atoms with Crippen LogP contribution in [0.2, 0.25) is 0 Å². The van der Waals surface area contributed by atoms with Gasteiger partial charge in [0.2, 0.25) is 11.6 Å². The number of hydrogen-bond donors (Lipinski definition) is 1. The maximum atomic E-state index is 12.0. The molecule has 1 fully saturated rings. The van der Waals surface area contributed by atoms with Gasteiger partial charge in [-0.05, 0) is 37.1 Å². The van der Waals surface area contributed by atoms with E-state index in [0.29, 0.717) is 12.3 Å². The quantitative estimate of drug-likeness (QED) is 0.902. The van der Waals surface area contributed by atoms with Crippen LogP contribution in [0.5, 0.6) is 5.88 Å². The SMILES string of the molecule is N#Cc1nccnc1OC1CCC(NC(=O)Cc2cccs2)CC1. The number of aromatic nitrogens is 2. The van der Waals surface area contributed by atoms with Crippen molar-refractivity contribution in [3.63, 3.8) is 0 Å². The maximum Gasteiger partial charge on any atom is 0.251 e. The van der Waals surface area contributed by atoms with Crippen LogP contribution < -0.4 is 10.1 Å². The van der Waals surface area contributed by atoms with E-state index in [2.05, 4.69) is 15.3 Å². The van der Waals surface area contributed by atoms with Gasteiger partial charge in [0.15, 0.2) is 0 Å². The van der Waals surface area contributed by atoms with Crippen LogP contribution in [0.3, 0.4) is 0 Å². The third-order valence-corrected chi connectivity index (χ3v) is 4.88. The summed E-state index contributed by atoms with van der Waals surface area (Å²) in [6, 6.07) is 6.11. The van der Waals surface area contributed by atoms with Crippen molar-refractivity contribution in [2.45, 2.75) is 44.2 Å². The molecule has 0 saturated heterocycles. The van der Waals surface area contributed by atoms with Gasteiger partial charge in [-0.2, -0.15) is 5.26 Å². The normalized spacial score (nSPS) is 20.1. The van der Waals surface area contributed by atoms with Crippen LogP contribution in [-0.2, 0) is 11.2 Å². The summed E-state index contributed by atoms with van der Waals surface area (Å²) >= 11 is 1.60. The van der Waals surface area contributed by atoms with E-state index in [4.69, 9.17) is 10.00 Å². The van der Waals surface area contributed by atoms with E-state index in [1.165, 1.54) is 12.4 Å². The second kappa shape index (κ2) is 7.88. The molecule has 1 aliphatic rings. The van der Waals surface area contributed by atoms with Crippen LogP contribution in [0, 0.1) is 11.3 Å². The molecule has 0 aromatic carbocycles. The molecule has 3 rings (SSSR count). The molecule has 7 heteroatoms. The molecule has 0 unspecified atom stereocenters. The molecular formula is C17H18N4O2S. The monoisotopic (exact) mass is 342 g/mol. The zero-order valence-electron chi connectivity index (χ0n) is 13.1. The lowest BCUT2D eigenvalue weighted by molar-refractivity contribution is -0.121. The molecule has 2 heterocycles. The van der Waals surface area contributed by atoms with Crippen molar-refractivity contribution in [3.8, 4) is 11.9 Å². The van der Waals surface area contributed by atoms with Gasteiger partial charge in [-0.25, -0.2) is 9.97 Å². The van der Waals surface area contributed by atoms with E-state index in [-0.39, 0.29) is 23.7 Å². The summed E-state index contributed by atoms with van der Waals surface area (Å²) in [5.41, 5.74) is 0.212. The van der Waals surface area contributed by atoms with Crippen LogP contribution in [0.15, 0.2) is 29.9 Å². The van der Waals surface area contributed by atoms with Gasteiger partial charge in [0.05, 0.1) is 6.42 Å². The van der Waals surface area contributed by atoms with E-state index < -0.39 is 0 Å². The van der Waals surface area contributed by atoms with Crippen molar-refractivity contribution in [1.82, 2.24) is 15.3 Å². The number of rotatable bonds is 5. The molecule has 24 heavy (non-hydrogen) atoms. The molecule has 0 atom stereocenters. The Bertz CT molecular complexity index is 718. The second-order valence-corrected chi connectivity index (χ2v) is 6.77. The molecule has 6 nitrogen and oxygen atoms in total. The lowest BCUT2D eigenvalue weighted by Crippen LogP contribution is -2.40. The molecule has 0 bridgehead atoms. The predicted molar refractivity (Wildman–Crippen MR) is 89.6 cm³/mol. The first-order valence-electron chi connectivity index (χ1n) is 7.94. The average Bonchev–Trinajstić information content (AvgIpc) is 3.10. The summed E-state index contributed by atoms with van der Waals surface area (Å²) in [6.07, 6.45) is 6.83. The van der Waals surface area contributed by atoms with Crippen molar-refractivity contribution in [2.24, 2.45) is 0 Å². The largest absolute Gasteiger partial charge is 0.472 e. The Morgan fingerprint density at radius 2 is 2.12 bits per heavy atom. The average molecular weight is 342 g/mol. The Morgan fingerprint density at radius 1 is 1.33 bits per heavy atom. The third kappa shape index (κ3) is 4.30. The summed E-state index contributed by atoms with van der Waals surface area (Å²) in [6.45, 7) is 0. The molecular weight excluding hydrogens is 324 g/mol. The zero-order chi connectivity index (χ0) is 16.8. The molecule has 0 spiro atoms. The fourth-order valence-electron chi connectivity index (χ4n) is 2.82. The van der Waals surface area contributed by atoms with Gasteiger partial charge in [0.25, 0.3) is 5.88 Å². The molecule has 1 amide bonds. The first-order chi connectivity index (χ1) is 11.7. The predicted octanol–water partition coefficient (Wildman–Crippen LogP) is 2.46. The van der Waals surface area contributed by atoms with E-state index >= 15 is 0 Å². The highest BCUT2D eigenvalue weighted by molar-refractivity contribution is 7.10. The van der Waals surface area contributed by atoms with Crippen molar-refractivity contribution < 1.29 is 9.53 Å². The first kappa shape index (κ1) is 16.4. The van der Waals surface area contributed by atoms with Gasteiger partial charge >= 0.3 is 0 Å². The van der Waals surface area contributed by atoms with Gasteiger partial charge in [0.1, 0.15) is 12.2 Å². The van der Waals surface area contributed by atoms with Crippen LogP contribution in [0.4, 0.5) is 0 Å². The van der Waals surface area contributed by atoms with E-state index in [1.54, 1.807) is 11.3 Å². The van der Waals surface area contributed by atoms with Crippen LogP contribution >= 0.6 is 11.3 Å². The summed E-state index contributed by atoms with van der Waals surface area (Å²) in [7, 11) is 0. The molecule has 1 saturated carbocycles. The van der Waals surface area contributed by atoms with Gasteiger partial charge in [0, 0.05) is 23.3 Å². The number of carbonyl (C=O) groups is 1. The highest BCUT2D eigenvalue weighted by Gasteiger charge is 2.24. The van der Waals surface area contributed by atoms with Gasteiger partial charge in [-0.1, -0.05) is 6.07 Å². The Morgan fingerprint density at radius 3 is 2.83 bits per heavy atom. The number of nitrogens with zero attached hydrogens (tertiary/aromatic N) is 3. The Balaban J connectivity index is 1.46. The minimum Gasteiger partial charge on any atom is -0.472 e. The van der Waals surface area contributed by atoms with Crippen LogP contribution in [0.25, 0.3) is 0 Å². The summed E-state index contributed by atoms with van der Waals surface area (Å²) < 4.78 is 5.81. The topological polar surface area (TPSA) is 87.9 Å². The number of ether oxygens (including phenoxy) is 1. The number of hydrogen-bond acceptors (Lipinski definition) is 6. The van der Waals surface area contributed by atoms with Gasteiger partial charge in [-0.15, -0.1) is 11.3 Å².